The van der Waals surface area contributed by atoms with E-state index in [2.05, 4.69) is 80.2 Å². The molecule has 0 radical (unpaired) electrons. The number of rotatable bonds is 24. The second-order valence-electron chi connectivity index (χ2n) is 28.1. The molecular formula is C70H100N10O14S4Si. The molecular weight excluding hydrogens is 1360 g/mol. The molecule has 6 aromatic rings. The van der Waals surface area contributed by atoms with Crippen LogP contribution in [0.4, 0.5) is 30.6 Å². The molecule has 2 aromatic heterocycles. The fourth-order valence-corrected chi connectivity index (χ4v) is 17.3. The number of sulfonamides is 2. The lowest BCUT2D eigenvalue weighted by atomic mass is 9.86. The highest BCUT2D eigenvalue weighted by molar-refractivity contribution is 7.90. The van der Waals surface area contributed by atoms with E-state index in [-0.39, 0.29) is 57.6 Å². The molecule has 2 aliphatic carbocycles. The highest BCUT2D eigenvalue weighted by Crippen LogP contribution is 2.43. The summed E-state index contributed by atoms with van der Waals surface area (Å²) in [6.07, 6.45) is 8.78. The van der Waals surface area contributed by atoms with Crippen LogP contribution < -0.4 is 41.3 Å². The summed E-state index contributed by atoms with van der Waals surface area (Å²) < 4.78 is 78.1. The number of carboxylic acid groups (broad SMARTS) is 1. The lowest BCUT2D eigenvalue weighted by molar-refractivity contribution is -0.134. The number of aromatic nitrogens is 2. The van der Waals surface area contributed by atoms with E-state index in [1.54, 1.807) is 50.5 Å². The van der Waals surface area contributed by atoms with Gasteiger partial charge in [0.2, 0.25) is 20.0 Å². The number of aliphatic hydroxyl groups is 1. The topological polar surface area (TPSA) is 344 Å². The van der Waals surface area contributed by atoms with E-state index in [0.717, 1.165) is 79.4 Å². The van der Waals surface area contributed by atoms with Crippen LogP contribution in [0.15, 0.2) is 119 Å². The minimum atomic E-state index is -4.12. The largest absolute Gasteiger partial charge is 0.481 e. The van der Waals surface area contributed by atoms with Gasteiger partial charge < -0.3 is 56.0 Å². The van der Waals surface area contributed by atoms with Gasteiger partial charge >= 0.3 is 24.2 Å². The van der Waals surface area contributed by atoms with Crippen LogP contribution >= 0.6 is 22.7 Å². The predicted octanol–water partition coefficient (Wildman–Crippen LogP) is 13.8. The maximum Gasteiger partial charge on any atom is 0.407 e. The number of thiazole rings is 2. The van der Waals surface area contributed by atoms with Gasteiger partial charge in [-0.15, -0.1) is 22.7 Å². The highest BCUT2D eigenvalue weighted by Gasteiger charge is 2.40. The van der Waals surface area contributed by atoms with Gasteiger partial charge in [-0.2, -0.15) is 0 Å². The van der Waals surface area contributed by atoms with Crippen LogP contribution in [0.25, 0.3) is 20.9 Å². The number of benzene rings is 4. The van der Waals surface area contributed by atoms with Crippen molar-refractivity contribution >= 4 is 92.6 Å². The third-order valence-electron chi connectivity index (χ3n) is 16.5. The van der Waals surface area contributed by atoms with Crippen LogP contribution in [0.3, 0.4) is 0 Å². The molecule has 29 heteroatoms. The summed E-state index contributed by atoms with van der Waals surface area (Å²) in [5.41, 5.74) is 1.41. The molecule has 2 heterocycles. The fraction of sp³-hybridized carbons (Fsp3) is 0.500. The van der Waals surface area contributed by atoms with Crippen LogP contribution in [0.5, 0.6) is 0 Å². The first kappa shape index (κ1) is 80.6. The lowest BCUT2D eigenvalue weighted by Gasteiger charge is -2.39. The second-order valence-corrected chi connectivity index (χ2v) is 38.4. The minimum Gasteiger partial charge on any atom is -0.481 e. The molecule has 8 rings (SSSR count). The van der Waals surface area contributed by atoms with Gasteiger partial charge in [0.15, 0.2) is 8.32 Å². The second kappa shape index (κ2) is 35.8. The molecule has 10 N–H and O–H groups in total. The fourth-order valence-electron chi connectivity index (χ4n) is 10.4. The normalized spacial score (nSPS) is 16.8. The number of aliphatic carboxylic acids is 1. The number of amides is 6. The number of carbonyl (C=O) groups is 5. The van der Waals surface area contributed by atoms with E-state index < -0.39 is 76.3 Å². The van der Waals surface area contributed by atoms with Crippen LogP contribution in [0, 0.1) is 0 Å². The number of urea groups is 2. The van der Waals surface area contributed by atoms with Gasteiger partial charge in [-0.25, -0.2) is 55.4 Å². The number of hydrogen-bond acceptors (Lipinski definition) is 17. The Labute approximate surface area is 592 Å². The standard InChI is InChI=1S/C37H55N5O6S2Si.C31H41N5O6S2.C2H4O2/c1-25(2)48-35(44)41-28-17-15-27(16-18-28)33-38-23-31(49-33)30-20-19-29(40-34(43)39-22-26-13-11-10-12-14-26)21-32(30)50(45,46)42-37(6,7)24-47-51(8,9)36(3,4)5;1-20(2)42-30(39)35-23-12-10-22(11-13-23)28-32-18-26(43-28)25-15-14-24(16-27(25)44(40,41)36-31(3,4)19-37)34-29(38)33-17-21-8-6-5-7-9-21;1-2(3)4/h10-14,19-21,23,25,27-28,42H,15-18,22,24H2,1-9H3,(H,41,44)(H2,39,40,43);5-9,14-16,18,20,22-23,36-37H,10-13,17,19H2,1-4H3,(H,35,39)(H2,33,34,38);1H3,(H,3,4). The zero-order valence-electron chi connectivity index (χ0n) is 59.2. The molecule has 99 heavy (non-hydrogen) atoms. The van der Waals surface area contributed by atoms with E-state index >= 15 is 0 Å². The van der Waals surface area contributed by atoms with Crippen molar-refractivity contribution in [3.63, 3.8) is 0 Å². The quantitative estimate of drug-likeness (QED) is 0.0252. The average molecular weight is 1460 g/mol. The van der Waals surface area contributed by atoms with E-state index in [1.807, 2.05) is 102 Å². The summed E-state index contributed by atoms with van der Waals surface area (Å²) >= 11 is 2.90. The zero-order chi connectivity index (χ0) is 73.1. The summed E-state index contributed by atoms with van der Waals surface area (Å²) in [5.74, 6) is -0.449. The SMILES string of the molecule is CC(=O)O.CC(C)OC(=O)NC1CCC(c2ncc(-c3ccc(NC(=O)NCc4ccccc4)cc3S(=O)(=O)NC(C)(C)CO)s2)CC1.CC(C)OC(=O)NC1CCC(c2ncc(-c3ccc(NC(=O)NCc4ccccc4)cc3S(=O)(=O)NC(C)(C)CO[Si](C)(C)C(C)(C)C)s2)CC1. The van der Waals surface area contributed by atoms with Crippen LogP contribution in [-0.2, 0) is 51.8 Å². The number of carboxylic acids is 1. The Morgan fingerprint density at radius 1 is 0.576 bits per heavy atom. The Bertz CT molecular complexity index is 3880. The summed E-state index contributed by atoms with van der Waals surface area (Å²) in [7, 11) is -10.4. The van der Waals surface area contributed by atoms with Crippen molar-refractivity contribution in [2.24, 2.45) is 0 Å². The molecule has 24 nitrogen and oxygen atoms in total. The highest BCUT2D eigenvalue weighted by atomic mass is 32.2. The van der Waals surface area contributed by atoms with E-state index in [1.165, 1.54) is 34.8 Å². The third kappa shape index (κ3) is 26.0. The minimum absolute atomic E-state index is 0.0323. The lowest BCUT2D eigenvalue weighted by Crippen LogP contribution is -2.51. The molecule has 0 bridgehead atoms. The molecule has 0 atom stereocenters. The Kier molecular flexibility index (Phi) is 29.2. The number of hydrogen-bond donors (Lipinski definition) is 10. The number of nitrogens with zero attached hydrogens (tertiary/aromatic N) is 2. The van der Waals surface area contributed by atoms with Crippen molar-refractivity contribution in [2.45, 2.75) is 223 Å². The third-order valence-corrected chi connectivity index (χ3v) is 26.9. The molecule has 0 spiro atoms. The van der Waals surface area contributed by atoms with Crippen LogP contribution in [-0.4, -0.2) is 124 Å². The molecule has 0 unspecified atom stereocenters. The predicted molar refractivity (Wildman–Crippen MR) is 392 cm³/mol. The molecule has 2 aliphatic rings. The molecule has 542 valence electrons. The number of anilines is 2. The summed E-state index contributed by atoms with van der Waals surface area (Å²) in [4.78, 5) is 69.3. The van der Waals surface area contributed by atoms with Gasteiger partial charge in [0.25, 0.3) is 5.97 Å². The number of alkyl carbamates (subject to hydrolysis) is 2. The van der Waals surface area contributed by atoms with Crippen molar-refractivity contribution in [1.29, 1.82) is 0 Å². The first-order chi connectivity index (χ1) is 46.3. The number of aliphatic hydroxyl groups excluding tert-OH is 1. The van der Waals surface area contributed by atoms with Crippen molar-refractivity contribution in [2.75, 3.05) is 23.8 Å². The van der Waals surface area contributed by atoms with Crippen molar-refractivity contribution < 1.29 is 64.9 Å². The average Bonchev–Trinajstić information content (AvgIpc) is 1.76. The van der Waals surface area contributed by atoms with E-state index in [9.17, 15) is 41.1 Å². The summed E-state index contributed by atoms with van der Waals surface area (Å²) in [6.45, 7) is 26.3. The first-order valence-electron chi connectivity index (χ1n) is 33.2. The molecule has 4 aromatic carbocycles. The maximum atomic E-state index is 14.3. The number of ether oxygens (including phenoxy) is 2. The zero-order valence-corrected chi connectivity index (χ0v) is 63.4. The van der Waals surface area contributed by atoms with E-state index in [4.69, 9.17) is 28.8 Å². The monoisotopic (exact) mass is 1460 g/mol. The summed E-state index contributed by atoms with van der Waals surface area (Å²) in [5, 5.41) is 36.0. The van der Waals surface area contributed by atoms with Crippen LogP contribution in [0.2, 0.25) is 18.1 Å². The molecule has 2 fully saturated rings. The molecule has 0 aliphatic heterocycles. The maximum absolute atomic E-state index is 14.3. The first-order valence-corrected chi connectivity index (χ1v) is 40.7. The van der Waals surface area contributed by atoms with Gasteiger partial charge in [0.05, 0.1) is 60.5 Å². The Morgan fingerprint density at radius 3 is 1.28 bits per heavy atom. The summed E-state index contributed by atoms with van der Waals surface area (Å²) in [6, 6.07) is 27.8. The van der Waals surface area contributed by atoms with Crippen molar-refractivity contribution in [3.05, 3.63) is 131 Å². The van der Waals surface area contributed by atoms with E-state index in [0.29, 0.717) is 45.3 Å². The van der Waals surface area contributed by atoms with Gasteiger partial charge in [-0.05, 0) is 160 Å². The Balaban J connectivity index is 0.000000299. The molecule has 6 amide bonds. The number of carbonyl (C=O) groups excluding carboxylic acids is 4. The van der Waals surface area contributed by atoms with Crippen molar-refractivity contribution in [1.82, 2.24) is 40.7 Å². The van der Waals surface area contributed by atoms with Gasteiger partial charge in [0, 0.05) is 84.4 Å². The number of nitrogens with one attached hydrogen (secondary N) is 8. The van der Waals surface area contributed by atoms with Crippen LogP contribution in [0.1, 0.15) is 167 Å². The van der Waals surface area contributed by atoms with Gasteiger partial charge in [-0.1, -0.05) is 93.6 Å². The molecule has 2 saturated carbocycles. The van der Waals surface area contributed by atoms with Gasteiger partial charge in [0.1, 0.15) is 0 Å². The Hall–Kier alpha value is -7.35. The smallest absolute Gasteiger partial charge is 0.407 e. The van der Waals surface area contributed by atoms with Gasteiger partial charge in [-0.3, -0.25) is 4.79 Å². The molecule has 0 saturated heterocycles. The Morgan fingerprint density at radius 2 is 0.939 bits per heavy atom. The van der Waals surface area contributed by atoms with Crippen molar-refractivity contribution in [3.8, 4) is 20.9 Å².